The summed E-state index contributed by atoms with van der Waals surface area (Å²) in [7, 11) is -2.18. The molecule has 0 atom stereocenters. The maximum absolute atomic E-state index is 12.5. The van der Waals surface area contributed by atoms with Crippen LogP contribution in [0.2, 0.25) is 5.02 Å². The van der Waals surface area contributed by atoms with Gasteiger partial charge in [0.1, 0.15) is 5.75 Å². The second kappa shape index (κ2) is 8.08. The number of aromatic nitrogens is 2. The molecule has 0 aliphatic rings. The highest BCUT2D eigenvalue weighted by Gasteiger charge is 2.18. The molecule has 0 saturated carbocycles. The van der Waals surface area contributed by atoms with Crippen LogP contribution >= 0.6 is 11.6 Å². The summed E-state index contributed by atoms with van der Waals surface area (Å²) in [5.41, 5.74) is 1.49. The van der Waals surface area contributed by atoms with E-state index in [0.717, 1.165) is 5.56 Å². The van der Waals surface area contributed by atoms with Crippen LogP contribution in [-0.4, -0.2) is 25.7 Å². The van der Waals surface area contributed by atoms with Gasteiger partial charge >= 0.3 is 0 Å². The van der Waals surface area contributed by atoms with Gasteiger partial charge in [0.05, 0.1) is 18.6 Å². The van der Waals surface area contributed by atoms with Crippen LogP contribution in [0, 0.1) is 0 Å². The first kappa shape index (κ1) is 19.3. The molecule has 0 spiro atoms. The van der Waals surface area contributed by atoms with Crippen molar-refractivity contribution in [3.05, 3.63) is 58.9 Å². The summed E-state index contributed by atoms with van der Waals surface area (Å²) in [5.74, 6) is 1.14. The van der Waals surface area contributed by atoms with Crippen LogP contribution in [0.1, 0.15) is 18.4 Å². The van der Waals surface area contributed by atoms with E-state index < -0.39 is 10.0 Å². The molecule has 0 aliphatic heterocycles. The Morgan fingerprint density at radius 1 is 1.22 bits per heavy atom. The van der Waals surface area contributed by atoms with E-state index in [1.165, 1.54) is 6.07 Å². The Hall–Kier alpha value is -2.42. The van der Waals surface area contributed by atoms with Gasteiger partial charge in [0, 0.05) is 10.6 Å². The highest BCUT2D eigenvalue weighted by atomic mass is 35.5. The van der Waals surface area contributed by atoms with Crippen molar-refractivity contribution in [2.45, 2.75) is 24.8 Å². The van der Waals surface area contributed by atoms with Gasteiger partial charge in [-0.1, -0.05) is 35.8 Å². The van der Waals surface area contributed by atoms with E-state index in [1.807, 2.05) is 6.92 Å². The minimum absolute atomic E-state index is 0.122. The SMILES string of the molecule is CCc1cc(S(=O)(=O)NCc2nc(-c3cccc(Cl)c3)no2)ccc1OC. The van der Waals surface area contributed by atoms with E-state index in [0.29, 0.717) is 28.6 Å². The summed E-state index contributed by atoms with van der Waals surface area (Å²) in [4.78, 5) is 4.34. The number of sulfonamides is 1. The first-order valence-corrected chi connectivity index (χ1v) is 10.0. The number of benzene rings is 2. The normalized spacial score (nSPS) is 11.5. The quantitative estimate of drug-likeness (QED) is 0.644. The Bertz CT molecular complexity index is 1050. The molecule has 2 aromatic carbocycles. The van der Waals surface area contributed by atoms with Crippen molar-refractivity contribution in [1.29, 1.82) is 0 Å². The van der Waals surface area contributed by atoms with Gasteiger partial charge in [0.25, 0.3) is 0 Å². The second-order valence-corrected chi connectivity index (χ2v) is 7.88. The minimum atomic E-state index is -3.73. The van der Waals surface area contributed by atoms with E-state index in [-0.39, 0.29) is 17.3 Å². The monoisotopic (exact) mass is 407 g/mol. The molecule has 7 nitrogen and oxygen atoms in total. The zero-order chi connectivity index (χ0) is 19.4. The number of nitrogens with zero attached hydrogens (tertiary/aromatic N) is 2. The molecule has 3 rings (SSSR count). The summed E-state index contributed by atoms with van der Waals surface area (Å²) in [6.07, 6.45) is 0.652. The molecular weight excluding hydrogens is 390 g/mol. The number of ether oxygens (including phenoxy) is 1. The largest absolute Gasteiger partial charge is 0.496 e. The Balaban J connectivity index is 1.74. The van der Waals surface area contributed by atoms with Crippen LogP contribution in [0.15, 0.2) is 51.9 Å². The number of methoxy groups -OCH3 is 1. The topological polar surface area (TPSA) is 94.3 Å². The highest BCUT2D eigenvalue weighted by molar-refractivity contribution is 7.89. The molecule has 0 bridgehead atoms. The van der Waals surface area contributed by atoms with E-state index in [2.05, 4.69) is 14.9 Å². The summed E-state index contributed by atoms with van der Waals surface area (Å²) < 4.78 is 37.9. The lowest BCUT2D eigenvalue weighted by Crippen LogP contribution is -2.23. The Labute approximate surface area is 162 Å². The van der Waals surface area contributed by atoms with Crippen molar-refractivity contribution in [3.8, 4) is 17.1 Å². The van der Waals surface area contributed by atoms with Gasteiger partial charge < -0.3 is 9.26 Å². The number of rotatable bonds is 7. The Kier molecular flexibility index (Phi) is 5.79. The van der Waals surface area contributed by atoms with E-state index in [1.54, 1.807) is 43.5 Å². The third-order valence-electron chi connectivity index (χ3n) is 3.91. The van der Waals surface area contributed by atoms with Crippen molar-refractivity contribution in [2.75, 3.05) is 7.11 Å². The fourth-order valence-corrected chi connectivity index (χ4v) is 3.73. The Morgan fingerprint density at radius 3 is 2.74 bits per heavy atom. The van der Waals surface area contributed by atoms with E-state index in [4.69, 9.17) is 20.9 Å². The number of hydrogen-bond acceptors (Lipinski definition) is 6. The molecule has 27 heavy (non-hydrogen) atoms. The number of aryl methyl sites for hydroxylation is 1. The number of nitrogens with one attached hydrogen (secondary N) is 1. The summed E-state index contributed by atoms with van der Waals surface area (Å²) in [5, 5.41) is 4.40. The molecular formula is C18H18ClN3O4S. The van der Waals surface area contributed by atoms with Crippen LogP contribution in [0.3, 0.4) is 0 Å². The lowest BCUT2D eigenvalue weighted by Gasteiger charge is -2.10. The van der Waals surface area contributed by atoms with Crippen molar-refractivity contribution in [1.82, 2.24) is 14.9 Å². The maximum Gasteiger partial charge on any atom is 0.242 e. The van der Waals surface area contributed by atoms with Gasteiger partial charge in [-0.3, -0.25) is 0 Å². The predicted molar refractivity (Wildman–Crippen MR) is 101 cm³/mol. The van der Waals surface area contributed by atoms with Gasteiger partial charge in [-0.15, -0.1) is 0 Å². The molecule has 9 heteroatoms. The molecule has 1 aromatic heterocycles. The molecule has 0 radical (unpaired) electrons. The van der Waals surface area contributed by atoms with Gasteiger partial charge in [0.15, 0.2) is 0 Å². The smallest absolute Gasteiger partial charge is 0.242 e. The molecule has 0 amide bonds. The van der Waals surface area contributed by atoms with Crippen LogP contribution in [0.25, 0.3) is 11.4 Å². The van der Waals surface area contributed by atoms with E-state index in [9.17, 15) is 8.42 Å². The zero-order valence-electron chi connectivity index (χ0n) is 14.8. The predicted octanol–water partition coefficient (Wildman–Crippen LogP) is 3.44. The van der Waals surface area contributed by atoms with Gasteiger partial charge in [-0.25, -0.2) is 13.1 Å². The minimum Gasteiger partial charge on any atom is -0.496 e. The number of halogens is 1. The Morgan fingerprint density at radius 2 is 2.04 bits per heavy atom. The second-order valence-electron chi connectivity index (χ2n) is 5.67. The van der Waals surface area contributed by atoms with Crippen LogP contribution in [0.5, 0.6) is 5.75 Å². The van der Waals surface area contributed by atoms with Gasteiger partial charge in [-0.05, 0) is 42.3 Å². The van der Waals surface area contributed by atoms with Gasteiger partial charge in [-0.2, -0.15) is 4.98 Å². The van der Waals surface area contributed by atoms with E-state index >= 15 is 0 Å². The average molecular weight is 408 g/mol. The molecule has 3 aromatic rings. The summed E-state index contributed by atoms with van der Waals surface area (Å²) in [6.45, 7) is 1.81. The fraction of sp³-hybridized carbons (Fsp3) is 0.222. The molecule has 1 N–H and O–H groups in total. The van der Waals surface area contributed by atoms with Crippen LogP contribution in [-0.2, 0) is 23.0 Å². The molecule has 0 unspecified atom stereocenters. The maximum atomic E-state index is 12.5. The van der Waals surface area contributed by atoms with Crippen molar-refractivity contribution >= 4 is 21.6 Å². The van der Waals surface area contributed by atoms with Crippen LogP contribution < -0.4 is 9.46 Å². The summed E-state index contributed by atoms with van der Waals surface area (Å²) >= 11 is 5.95. The molecule has 1 heterocycles. The fourth-order valence-electron chi connectivity index (χ4n) is 2.51. The lowest BCUT2D eigenvalue weighted by atomic mass is 10.1. The average Bonchev–Trinajstić information content (AvgIpc) is 3.15. The van der Waals surface area contributed by atoms with Gasteiger partial charge in [0.2, 0.25) is 21.7 Å². The summed E-state index contributed by atoms with van der Waals surface area (Å²) in [6, 6.07) is 11.7. The first-order valence-electron chi connectivity index (χ1n) is 8.18. The molecule has 142 valence electrons. The third kappa shape index (κ3) is 4.47. The molecule has 0 aliphatic carbocycles. The lowest BCUT2D eigenvalue weighted by molar-refractivity contribution is 0.376. The molecule has 0 saturated heterocycles. The third-order valence-corrected chi connectivity index (χ3v) is 5.54. The molecule has 0 fully saturated rings. The number of hydrogen-bond donors (Lipinski definition) is 1. The van der Waals surface area contributed by atoms with Crippen LogP contribution in [0.4, 0.5) is 0 Å². The first-order chi connectivity index (χ1) is 12.9. The van der Waals surface area contributed by atoms with Crippen molar-refractivity contribution in [3.63, 3.8) is 0 Å². The van der Waals surface area contributed by atoms with Crippen molar-refractivity contribution < 1.29 is 17.7 Å². The van der Waals surface area contributed by atoms with Crippen molar-refractivity contribution in [2.24, 2.45) is 0 Å². The zero-order valence-corrected chi connectivity index (χ0v) is 16.3. The highest BCUT2D eigenvalue weighted by Crippen LogP contribution is 2.23. The standard InChI is InChI=1S/C18H18ClN3O4S/c1-3-12-10-15(7-8-16(12)25-2)27(23,24)20-11-17-21-18(22-26-17)13-5-4-6-14(19)9-13/h4-10,20H,3,11H2,1-2H3.